The van der Waals surface area contributed by atoms with E-state index in [1.807, 2.05) is 0 Å². The van der Waals surface area contributed by atoms with Crippen LogP contribution in [0.15, 0.2) is 18.2 Å². The fourth-order valence-electron chi connectivity index (χ4n) is 1.58. The van der Waals surface area contributed by atoms with Gasteiger partial charge < -0.3 is 9.84 Å². The van der Waals surface area contributed by atoms with Gasteiger partial charge in [-0.1, -0.05) is 36.7 Å². The lowest BCUT2D eigenvalue weighted by atomic mass is 10.3. The Morgan fingerprint density at radius 2 is 2.10 bits per heavy atom. The van der Waals surface area contributed by atoms with Crippen LogP contribution >= 0.6 is 23.2 Å². The van der Waals surface area contributed by atoms with Crippen molar-refractivity contribution in [2.75, 3.05) is 0 Å². The Morgan fingerprint density at radius 3 is 2.55 bits per heavy atom. The Bertz CT molecular complexity index is 561. The molecule has 2 atom stereocenters. The Labute approximate surface area is 129 Å². The van der Waals surface area contributed by atoms with Crippen LogP contribution in [0, 0.1) is 11.3 Å². The summed E-state index contributed by atoms with van der Waals surface area (Å²) in [7, 11) is -1.63. The first-order valence-corrected chi connectivity index (χ1v) is 8.66. The smallest absolute Gasteiger partial charge is 0.343 e. The minimum absolute atomic E-state index is 0.287. The molecule has 4 nitrogen and oxygen atoms in total. The number of ether oxygens (including phenoxy) is 1. The summed E-state index contributed by atoms with van der Waals surface area (Å²) < 4.78 is 5.64. The monoisotopic (exact) mass is 330 g/mol. The van der Waals surface area contributed by atoms with Gasteiger partial charge in [0.25, 0.3) is 0 Å². The number of hydrogen-bond acceptors (Lipinski definition) is 3. The summed E-state index contributed by atoms with van der Waals surface area (Å²) >= 11 is 11.7. The van der Waals surface area contributed by atoms with Crippen LogP contribution in [0.5, 0.6) is 5.75 Å². The highest BCUT2D eigenvalue weighted by Gasteiger charge is 2.45. The maximum atomic E-state index is 11.6. The van der Waals surface area contributed by atoms with Crippen LogP contribution in [0.1, 0.15) is 13.8 Å². The van der Waals surface area contributed by atoms with Gasteiger partial charge in [-0.05, 0) is 19.1 Å². The number of halogens is 2. The van der Waals surface area contributed by atoms with Gasteiger partial charge in [0.05, 0.1) is 16.1 Å². The molecule has 0 bridgehead atoms. The van der Waals surface area contributed by atoms with Crippen LogP contribution in [0.4, 0.5) is 0 Å². The molecule has 1 aromatic rings. The second-order valence-corrected chi connectivity index (χ2v) is 8.55. The van der Waals surface area contributed by atoms with Crippen LogP contribution in [0.3, 0.4) is 0 Å². The van der Waals surface area contributed by atoms with E-state index in [4.69, 9.17) is 33.2 Å². The van der Waals surface area contributed by atoms with Crippen molar-refractivity contribution in [3.05, 3.63) is 28.2 Å². The Hall–Kier alpha value is -1.22. The number of nitriles is 1. The van der Waals surface area contributed by atoms with Crippen molar-refractivity contribution >= 4 is 38.0 Å². The first-order valence-electron chi connectivity index (χ1n) is 5.83. The quantitative estimate of drug-likeness (QED) is 0.833. The second-order valence-electron chi connectivity index (χ2n) is 4.55. The molecular formula is C13H14Cl2NO3Si. The lowest BCUT2D eigenvalue weighted by molar-refractivity contribution is -0.147. The van der Waals surface area contributed by atoms with Crippen LogP contribution < -0.4 is 4.74 Å². The molecule has 1 radical (unpaired) electrons. The molecule has 0 fully saturated rings. The molecule has 20 heavy (non-hydrogen) atoms. The molecule has 0 heterocycles. The molecule has 7 heteroatoms. The van der Waals surface area contributed by atoms with Crippen molar-refractivity contribution in [3.63, 3.8) is 0 Å². The SMILES string of the molecule is CC(C#N)[Si](C)C(C)(Oc1ccc(Cl)c(Cl)c1)C(=O)O. The number of aliphatic carboxylic acids is 1. The highest BCUT2D eigenvalue weighted by atomic mass is 35.5. The van der Waals surface area contributed by atoms with Crippen molar-refractivity contribution in [2.45, 2.75) is 31.2 Å². The number of carboxylic acid groups (broad SMARTS) is 1. The van der Waals surface area contributed by atoms with Gasteiger partial charge in [0.2, 0.25) is 0 Å². The maximum Gasteiger partial charge on any atom is 0.343 e. The van der Waals surface area contributed by atoms with Crippen molar-refractivity contribution in [2.24, 2.45) is 0 Å². The third kappa shape index (κ3) is 3.45. The fourth-order valence-corrected chi connectivity index (χ4v) is 3.50. The highest BCUT2D eigenvalue weighted by Crippen LogP contribution is 2.31. The molecule has 0 aliphatic rings. The van der Waals surface area contributed by atoms with Gasteiger partial charge in [0.1, 0.15) is 14.5 Å². The van der Waals surface area contributed by atoms with E-state index in [2.05, 4.69) is 6.07 Å². The average Bonchev–Trinajstić information content (AvgIpc) is 2.40. The standard InChI is InChI=1S/C13H14Cl2NO3Si/c1-8(7-16)20(3)13(2,12(17)18)19-9-4-5-10(14)11(15)6-9/h4-6,8H,1-3H3,(H,17,18). The van der Waals surface area contributed by atoms with Gasteiger partial charge >= 0.3 is 5.97 Å². The van der Waals surface area contributed by atoms with Gasteiger partial charge in [0.15, 0.2) is 5.22 Å². The lowest BCUT2D eigenvalue weighted by Gasteiger charge is -2.32. The molecule has 0 saturated carbocycles. The van der Waals surface area contributed by atoms with Crippen molar-refractivity contribution in [1.29, 1.82) is 5.26 Å². The lowest BCUT2D eigenvalue weighted by Crippen LogP contribution is -2.54. The predicted octanol–water partition coefficient (Wildman–Crippen LogP) is 3.79. The first-order chi connectivity index (χ1) is 9.22. The van der Waals surface area contributed by atoms with Crippen molar-refractivity contribution in [1.82, 2.24) is 0 Å². The van der Waals surface area contributed by atoms with Crippen molar-refractivity contribution < 1.29 is 14.6 Å². The minimum atomic E-state index is -1.63. The zero-order valence-corrected chi connectivity index (χ0v) is 13.8. The number of carbonyl (C=O) groups is 1. The Balaban J connectivity index is 3.12. The van der Waals surface area contributed by atoms with E-state index >= 15 is 0 Å². The predicted molar refractivity (Wildman–Crippen MR) is 79.8 cm³/mol. The van der Waals surface area contributed by atoms with Crippen LogP contribution in [-0.2, 0) is 4.79 Å². The summed E-state index contributed by atoms with van der Waals surface area (Å²) in [5.41, 5.74) is -0.371. The number of hydrogen-bond donors (Lipinski definition) is 1. The number of carboxylic acids is 1. The zero-order chi connectivity index (χ0) is 15.5. The highest BCUT2D eigenvalue weighted by molar-refractivity contribution is 6.67. The largest absolute Gasteiger partial charge is 0.480 e. The van der Waals surface area contributed by atoms with Crippen molar-refractivity contribution in [3.8, 4) is 11.8 Å². The van der Waals surface area contributed by atoms with E-state index in [0.717, 1.165) is 0 Å². The Kier molecular flexibility index (Phi) is 5.46. The van der Waals surface area contributed by atoms with E-state index in [9.17, 15) is 9.90 Å². The molecule has 2 unspecified atom stereocenters. The molecule has 0 aliphatic carbocycles. The summed E-state index contributed by atoms with van der Waals surface area (Å²) in [5.74, 6) is -0.777. The topological polar surface area (TPSA) is 70.3 Å². The van der Waals surface area contributed by atoms with E-state index in [1.54, 1.807) is 19.5 Å². The van der Waals surface area contributed by atoms with Crippen LogP contribution in [0.25, 0.3) is 0 Å². The summed E-state index contributed by atoms with van der Waals surface area (Å²) in [5, 5.41) is 17.7. The fraction of sp³-hybridized carbons (Fsp3) is 0.385. The van der Waals surface area contributed by atoms with Crippen LogP contribution in [0.2, 0.25) is 22.1 Å². The Morgan fingerprint density at radius 1 is 1.50 bits per heavy atom. The minimum Gasteiger partial charge on any atom is -0.480 e. The molecule has 1 N–H and O–H groups in total. The summed E-state index contributed by atoms with van der Waals surface area (Å²) in [4.78, 5) is 11.6. The molecule has 1 rings (SSSR count). The normalized spacial score (nSPS) is 15.2. The van der Waals surface area contributed by atoms with E-state index in [0.29, 0.717) is 10.8 Å². The zero-order valence-electron chi connectivity index (χ0n) is 11.3. The first kappa shape index (κ1) is 16.8. The third-order valence-corrected chi connectivity index (χ3v) is 7.20. The van der Waals surface area contributed by atoms with Gasteiger partial charge in [-0.15, -0.1) is 0 Å². The maximum absolute atomic E-state index is 11.6. The second kappa shape index (κ2) is 6.49. The number of benzene rings is 1. The van der Waals surface area contributed by atoms with E-state index in [-0.39, 0.29) is 10.6 Å². The van der Waals surface area contributed by atoms with Crippen LogP contribution in [-0.4, -0.2) is 25.1 Å². The number of nitrogens with zero attached hydrogens (tertiary/aromatic N) is 1. The molecule has 0 saturated heterocycles. The average molecular weight is 331 g/mol. The summed E-state index contributed by atoms with van der Waals surface area (Å²) in [6.07, 6.45) is 0. The summed E-state index contributed by atoms with van der Waals surface area (Å²) in [6.45, 7) is 4.96. The molecule has 0 aliphatic heterocycles. The molecular weight excluding hydrogens is 317 g/mol. The van der Waals surface area contributed by atoms with E-state index < -0.39 is 20.0 Å². The molecule has 107 valence electrons. The molecule has 0 spiro atoms. The number of rotatable bonds is 5. The van der Waals surface area contributed by atoms with Gasteiger partial charge in [-0.25, -0.2) is 4.79 Å². The molecule has 1 aromatic carbocycles. The van der Waals surface area contributed by atoms with E-state index in [1.165, 1.54) is 19.1 Å². The summed E-state index contributed by atoms with van der Waals surface area (Å²) in [6, 6.07) is 6.65. The van der Waals surface area contributed by atoms with Gasteiger partial charge in [-0.3, -0.25) is 0 Å². The van der Waals surface area contributed by atoms with Gasteiger partial charge in [0, 0.05) is 11.6 Å². The molecule has 0 amide bonds. The van der Waals surface area contributed by atoms with Gasteiger partial charge in [-0.2, -0.15) is 5.26 Å². The molecule has 0 aromatic heterocycles. The third-order valence-electron chi connectivity index (χ3n) is 3.22.